The van der Waals surface area contributed by atoms with Crippen LogP contribution >= 0.6 is 11.6 Å². The molecule has 0 aliphatic carbocycles. The van der Waals surface area contributed by atoms with E-state index in [1.807, 2.05) is 0 Å². The van der Waals surface area contributed by atoms with Gasteiger partial charge in [0.1, 0.15) is 23.3 Å². The van der Waals surface area contributed by atoms with E-state index in [4.69, 9.17) is 11.6 Å². The number of hydrogen-bond acceptors (Lipinski definition) is 0. The molecule has 2 aromatic rings. The van der Waals surface area contributed by atoms with Crippen LogP contribution in [0.15, 0.2) is 30.3 Å². The second-order valence-electron chi connectivity index (χ2n) is 4.12. The first-order valence-electron chi connectivity index (χ1n) is 5.45. The van der Waals surface area contributed by atoms with Crippen LogP contribution in [0, 0.1) is 30.2 Å². The molecule has 5 heteroatoms. The van der Waals surface area contributed by atoms with Gasteiger partial charge in [-0.05, 0) is 36.8 Å². The summed E-state index contributed by atoms with van der Waals surface area (Å²) >= 11 is 5.90. The van der Waals surface area contributed by atoms with Crippen LogP contribution in [0.5, 0.6) is 0 Å². The third kappa shape index (κ3) is 2.59. The molecule has 0 bridgehead atoms. The van der Waals surface area contributed by atoms with Gasteiger partial charge in [-0.25, -0.2) is 17.6 Å². The van der Waals surface area contributed by atoms with E-state index in [2.05, 4.69) is 0 Å². The van der Waals surface area contributed by atoms with Crippen LogP contribution in [0.2, 0.25) is 0 Å². The summed E-state index contributed by atoms with van der Waals surface area (Å²) in [5.41, 5.74) is -0.602. The average Bonchev–Trinajstić information content (AvgIpc) is 2.37. The summed E-state index contributed by atoms with van der Waals surface area (Å²) in [6, 6.07) is 4.89. The highest BCUT2D eigenvalue weighted by Gasteiger charge is 2.24. The quantitative estimate of drug-likeness (QED) is 0.546. The molecule has 2 aromatic carbocycles. The molecule has 2 rings (SSSR count). The number of rotatable bonds is 2. The molecule has 100 valence electrons. The molecule has 0 amide bonds. The van der Waals surface area contributed by atoms with Crippen molar-refractivity contribution in [2.45, 2.75) is 12.3 Å². The van der Waals surface area contributed by atoms with Crippen LogP contribution in [0.25, 0.3) is 0 Å². The first kappa shape index (κ1) is 13.9. The third-order valence-electron chi connectivity index (χ3n) is 2.80. The van der Waals surface area contributed by atoms with Crippen molar-refractivity contribution in [1.82, 2.24) is 0 Å². The fraction of sp³-hybridized carbons (Fsp3) is 0.143. The van der Waals surface area contributed by atoms with Crippen LogP contribution < -0.4 is 0 Å². The first-order chi connectivity index (χ1) is 8.91. The molecule has 0 heterocycles. The Balaban J connectivity index is 2.59. The Kier molecular flexibility index (Phi) is 3.80. The first-order valence-corrected chi connectivity index (χ1v) is 5.89. The Morgan fingerprint density at radius 3 is 2.26 bits per heavy atom. The summed E-state index contributed by atoms with van der Waals surface area (Å²) in [7, 11) is 0. The molecule has 0 aliphatic heterocycles. The smallest absolute Gasteiger partial charge is 0.134 e. The average molecular weight is 289 g/mol. The zero-order valence-electron chi connectivity index (χ0n) is 9.85. The van der Waals surface area contributed by atoms with Crippen molar-refractivity contribution in [2.75, 3.05) is 0 Å². The van der Waals surface area contributed by atoms with Gasteiger partial charge in [0.2, 0.25) is 0 Å². The largest absolute Gasteiger partial charge is 0.207 e. The Morgan fingerprint density at radius 1 is 0.947 bits per heavy atom. The SMILES string of the molecule is Cc1ccc(F)c(C(Cl)c2cc(F)ccc2F)c1F. The van der Waals surface area contributed by atoms with E-state index in [9.17, 15) is 17.6 Å². The molecule has 1 atom stereocenters. The van der Waals surface area contributed by atoms with Gasteiger partial charge in [-0.2, -0.15) is 0 Å². The number of aryl methyl sites for hydroxylation is 1. The maximum Gasteiger partial charge on any atom is 0.134 e. The van der Waals surface area contributed by atoms with E-state index >= 15 is 0 Å². The summed E-state index contributed by atoms with van der Waals surface area (Å²) in [5.74, 6) is -3.30. The predicted molar refractivity (Wildman–Crippen MR) is 65.1 cm³/mol. The summed E-state index contributed by atoms with van der Waals surface area (Å²) in [5, 5.41) is -1.43. The Hall–Kier alpha value is -1.55. The standard InChI is InChI=1S/C14H9ClF4/c1-7-2-4-11(18)12(14(7)19)13(15)9-6-8(16)3-5-10(9)17/h2-6,13H,1H3. The van der Waals surface area contributed by atoms with Crippen LogP contribution in [0.1, 0.15) is 22.1 Å². The van der Waals surface area contributed by atoms with E-state index in [1.54, 1.807) is 0 Å². The van der Waals surface area contributed by atoms with Gasteiger partial charge in [0.25, 0.3) is 0 Å². The van der Waals surface area contributed by atoms with Gasteiger partial charge in [-0.3, -0.25) is 0 Å². The zero-order chi connectivity index (χ0) is 14.2. The molecule has 0 aromatic heterocycles. The van der Waals surface area contributed by atoms with E-state index < -0.39 is 34.2 Å². The molecule has 0 fully saturated rings. The molecular formula is C14H9ClF4. The summed E-state index contributed by atoms with van der Waals surface area (Å²) in [6.45, 7) is 1.43. The second kappa shape index (κ2) is 5.21. The Morgan fingerprint density at radius 2 is 1.58 bits per heavy atom. The van der Waals surface area contributed by atoms with Crippen molar-refractivity contribution in [1.29, 1.82) is 0 Å². The van der Waals surface area contributed by atoms with Crippen LogP contribution in [-0.2, 0) is 0 Å². The molecule has 0 nitrogen and oxygen atoms in total. The second-order valence-corrected chi connectivity index (χ2v) is 4.56. The maximum absolute atomic E-state index is 13.9. The van der Waals surface area contributed by atoms with Crippen LogP contribution in [-0.4, -0.2) is 0 Å². The monoisotopic (exact) mass is 288 g/mol. The lowest BCUT2D eigenvalue weighted by Gasteiger charge is -2.14. The highest BCUT2D eigenvalue weighted by molar-refractivity contribution is 6.22. The fourth-order valence-corrected chi connectivity index (χ4v) is 2.14. The Bertz CT molecular complexity index is 625. The molecular weight excluding hydrogens is 280 g/mol. The minimum Gasteiger partial charge on any atom is -0.207 e. The van der Waals surface area contributed by atoms with E-state index in [0.717, 1.165) is 24.3 Å². The number of alkyl halides is 1. The number of benzene rings is 2. The van der Waals surface area contributed by atoms with Crippen molar-refractivity contribution < 1.29 is 17.6 Å². The maximum atomic E-state index is 13.9. The predicted octanol–water partition coefficient (Wildman–Crippen LogP) is 4.88. The molecule has 0 spiro atoms. The number of halogens is 5. The van der Waals surface area contributed by atoms with Crippen molar-refractivity contribution in [3.05, 3.63) is 70.3 Å². The van der Waals surface area contributed by atoms with Crippen molar-refractivity contribution in [3.63, 3.8) is 0 Å². The van der Waals surface area contributed by atoms with Crippen molar-refractivity contribution in [3.8, 4) is 0 Å². The van der Waals surface area contributed by atoms with Gasteiger partial charge in [-0.15, -0.1) is 11.6 Å². The number of hydrogen-bond donors (Lipinski definition) is 0. The molecule has 0 aliphatic rings. The highest BCUT2D eigenvalue weighted by Crippen LogP contribution is 2.35. The van der Waals surface area contributed by atoms with Gasteiger partial charge in [-0.1, -0.05) is 6.07 Å². The molecule has 1 unspecified atom stereocenters. The third-order valence-corrected chi connectivity index (χ3v) is 3.26. The topological polar surface area (TPSA) is 0 Å². The van der Waals surface area contributed by atoms with Gasteiger partial charge in [0.15, 0.2) is 0 Å². The van der Waals surface area contributed by atoms with Crippen LogP contribution in [0.4, 0.5) is 17.6 Å². The normalized spacial score (nSPS) is 12.5. The summed E-state index contributed by atoms with van der Waals surface area (Å²) in [6.07, 6.45) is 0. The Labute approximate surface area is 112 Å². The lowest BCUT2D eigenvalue weighted by atomic mass is 10.0. The van der Waals surface area contributed by atoms with Gasteiger partial charge < -0.3 is 0 Å². The molecule has 0 saturated heterocycles. The highest BCUT2D eigenvalue weighted by atomic mass is 35.5. The van der Waals surface area contributed by atoms with Crippen molar-refractivity contribution in [2.24, 2.45) is 0 Å². The van der Waals surface area contributed by atoms with Crippen LogP contribution in [0.3, 0.4) is 0 Å². The minimum atomic E-state index is -1.43. The summed E-state index contributed by atoms with van der Waals surface area (Å²) < 4.78 is 54.2. The van der Waals surface area contributed by atoms with Gasteiger partial charge in [0.05, 0.1) is 5.38 Å². The minimum absolute atomic E-state index is 0.180. The molecule has 0 saturated carbocycles. The molecule has 0 radical (unpaired) electrons. The molecule has 0 N–H and O–H groups in total. The lowest BCUT2D eigenvalue weighted by Crippen LogP contribution is -2.05. The fourth-order valence-electron chi connectivity index (χ4n) is 1.78. The van der Waals surface area contributed by atoms with Gasteiger partial charge >= 0.3 is 0 Å². The van der Waals surface area contributed by atoms with E-state index in [0.29, 0.717) is 0 Å². The van der Waals surface area contributed by atoms with Crippen molar-refractivity contribution >= 4 is 11.6 Å². The van der Waals surface area contributed by atoms with Gasteiger partial charge in [0, 0.05) is 11.1 Å². The zero-order valence-corrected chi connectivity index (χ0v) is 10.6. The van der Waals surface area contributed by atoms with E-state index in [-0.39, 0.29) is 11.1 Å². The molecule has 19 heavy (non-hydrogen) atoms. The van der Waals surface area contributed by atoms with E-state index in [1.165, 1.54) is 13.0 Å². The summed E-state index contributed by atoms with van der Waals surface area (Å²) in [4.78, 5) is 0. The lowest BCUT2D eigenvalue weighted by molar-refractivity contribution is 0.545.